The topological polar surface area (TPSA) is 47.8 Å². The molecule has 0 aliphatic heterocycles. The Bertz CT molecular complexity index is 1000. The van der Waals surface area contributed by atoms with Crippen LogP contribution in [0.3, 0.4) is 0 Å². The monoisotopic (exact) mass is 373 g/mol. The second-order valence-corrected chi connectivity index (χ2v) is 9.29. The van der Waals surface area contributed by atoms with E-state index in [9.17, 15) is 4.57 Å². The summed E-state index contributed by atoms with van der Waals surface area (Å²) in [5, 5.41) is 10.2. The Balaban J connectivity index is 1.64. The Morgan fingerprint density at radius 1 is 0.741 bits per heavy atom. The van der Waals surface area contributed by atoms with Crippen LogP contribution >= 0.6 is 7.14 Å². The van der Waals surface area contributed by atoms with Gasteiger partial charge in [0.05, 0.1) is 18.4 Å². The predicted octanol–water partition coefficient (Wildman–Crippen LogP) is 3.84. The Labute approximate surface area is 158 Å². The largest absolute Gasteiger partial charge is 0.313 e. The third-order valence-corrected chi connectivity index (χ3v) is 7.54. The number of aromatic nitrogens is 3. The third kappa shape index (κ3) is 3.91. The van der Waals surface area contributed by atoms with Gasteiger partial charge in [-0.3, -0.25) is 0 Å². The zero-order chi connectivity index (χ0) is 18.5. The van der Waals surface area contributed by atoms with E-state index in [4.69, 9.17) is 0 Å². The molecule has 0 amide bonds. The minimum atomic E-state index is -2.83. The van der Waals surface area contributed by atoms with E-state index < -0.39 is 7.14 Å². The molecule has 134 valence electrons. The summed E-state index contributed by atoms with van der Waals surface area (Å²) < 4.78 is 15.9. The van der Waals surface area contributed by atoms with Crippen molar-refractivity contribution in [2.45, 2.75) is 12.7 Å². The van der Waals surface area contributed by atoms with Crippen LogP contribution in [0.2, 0.25) is 0 Å². The summed E-state index contributed by atoms with van der Waals surface area (Å²) in [5.74, 6) is 0. The van der Waals surface area contributed by atoms with Gasteiger partial charge in [0.2, 0.25) is 0 Å². The molecule has 0 saturated carbocycles. The molecule has 0 spiro atoms. The summed E-state index contributed by atoms with van der Waals surface area (Å²) in [5.41, 5.74) is 1.89. The lowest BCUT2D eigenvalue weighted by Crippen LogP contribution is -2.17. The summed E-state index contributed by atoms with van der Waals surface area (Å²) in [4.78, 5) is 0. The Morgan fingerprint density at radius 2 is 1.26 bits per heavy atom. The van der Waals surface area contributed by atoms with E-state index in [1.54, 1.807) is 4.68 Å². The average Bonchev–Trinajstić information content (AvgIpc) is 3.16. The first-order chi connectivity index (χ1) is 13.2. The van der Waals surface area contributed by atoms with Crippen molar-refractivity contribution in [3.63, 3.8) is 0 Å². The molecule has 0 bridgehead atoms. The summed E-state index contributed by atoms with van der Waals surface area (Å²) >= 11 is 0. The summed E-state index contributed by atoms with van der Waals surface area (Å²) in [6.07, 6.45) is 2.25. The number of rotatable bonds is 6. The van der Waals surface area contributed by atoms with Crippen molar-refractivity contribution < 1.29 is 4.57 Å². The quantitative estimate of drug-likeness (QED) is 0.483. The minimum absolute atomic E-state index is 0.357. The highest BCUT2D eigenvalue weighted by Gasteiger charge is 2.28. The molecule has 0 aliphatic carbocycles. The van der Waals surface area contributed by atoms with Crippen LogP contribution in [-0.2, 0) is 17.3 Å². The van der Waals surface area contributed by atoms with Crippen LogP contribution in [0, 0.1) is 0 Å². The molecule has 0 N–H and O–H groups in total. The molecule has 4 aromatic rings. The fraction of sp³-hybridized carbons (Fsp3) is 0.0909. The maximum absolute atomic E-state index is 14.1. The van der Waals surface area contributed by atoms with E-state index >= 15 is 0 Å². The van der Waals surface area contributed by atoms with E-state index in [1.165, 1.54) is 0 Å². The zero-order valence-electron chi connectivity index (χ0n) is 14.8. The smallest absolute Gasteiger partial charge is 0.149 e. The van der Waals surface area contributed by atoms with Crippen molar-refractivity contribution in [1.29, 1.82) is 0 Å². The first-order valence-electron chi connectivity index (χ1n) is 8.87. The van der Waals surface area contributed by atoms with Crippen molar-refractivity contribution in [2.75, 3.05) is 0 Å². The molecule has 0 saturated heterocycles. The fourth-order valence-electron chi connectivity index (χ4n) is 3.16. The van der Waals surface area contributed by atoms with Crippen molar-refractivity contribution in [1.82, 2.24) is 15.0 Å². The maximum Gasteiger partial charge on any atom is 0.149 e. The SMILES string of the molecule is O=P(Cc1cn(Cc2ccccc2)nn1)(c1ccccc1)c1ccccc1. The molecule has 0 unspecified atom stereocenters. The Morgan fingerprint density at radius 3 is 1.81 bits per heavy atom. The van der Waals surface area contributed by atoms with Gasteiger partial charge in [0.1, 0.15) is 7.14 Å². The Kier molecular flexibility index (Phi) is 4.99. The molecule has 4 nitrogen and oxygen atoms in total. The lowest BCUT2D eigenvalue weighted by atomic mass is 10.2. The molecule has 1 aromatic heterocycles. The van der Waals surface area contributed by atoms with Gasteiger partial charge >= 0.3 is 0 Å². The second-order valence-electron chi connectivity index (χ2n) is 6.46. The van der Waals surface area contributed by atoms with Crippen molar-refractivity contribution >= 4 is 17.8 Å². The molecule has 27 heavy (non-hydrogen) atoms. The number of benzene rings is 3. The van der Waals surface area contributed by atoms with Gasteiger partial charge < -0.3 is 4.57 Å². The average molecular weight is 373 g/mol. The standard InChI is InChI=1S/C22H20N3OP/c26-27(21-12-6-2-7-13-21,22-14-8-3-9-15-22)18-20-17-25(24-23-20)16-19-10-4-1-5-11-19/h1-15,17H,16,18H2. The molecule has 4 rings (SSSR count). The fourth-order valence-corrected chi connectivity index (χ4v) is 5.73. The van der Waals surface area contributed by atoms with Crippen molar-refractivity contribution in [2.24, 2.45) is 0 Å². The molecule has 0 fully saturated rings. The van der Waals surface area contributed by atoms with E-state index in [0.29, 0.717) is 12.7 Å². The number of hydrogen-bond donors (Lipinski definition) is 0. The molecule has 0 aliphatic rings. The van der Waals surface area contributed by atoms with Gasteiger partial charge in [-0.25, -0.2) is 4.68 Å². The first-order valence-corrected chi connectivity index (χ1v) is 10.8. The molecule has 5 heteroatoms. The van der Waals surface area contributed by atoms with Crippen molar-refractivity contribution in [3.8, 4) is 0 Å². The van der Waals surface area contributed by atoms with Gasteiger partial charge in [0.15, 0.2) is 0 Å². The van der Waals surface area contributed by atoms with E-state index in [-0.39, 0.29) is 0 Å². The number of nitrogens with zero attached hydrogens (tertiary/aromatic N) is 3. The molecule has 0 radical (unpaired) electrons. The lowest BCUT2D eigenvalue weighted by molar-refractivity contribution is 0.586. The highest BCUT2D eigenvalue weighted by molar-refractivity contribution is 7.78. The van der Waals surface area contributed by atoms with E-state index in [2.05, 4.69) is 22.4 Å². The molecular weight excluding hydrogens is 353 g/mol. The molecule has 3 aromatic carbocycles. The van der Waals surface area contributed by atoms with Gasteiger partial charge in [-0.1, -0.05) is 96.2 Å². The Hall–Kier alpha value is -2.97. The second kappa shape index (κ2) is 7.73. The lowest BCUT2D eigenvalue weighted by Gasteiger charge is -2.18. The minimum Gasteiger partial charge on any atom is -0.313 e. The molecular formula is C22H20N3OP. The molecule has 0 atom stereocenters. The van der Waals surface area contributed by atoms with Crippen LogP contribution in [0.25, 0.3) is 0 Å². The van der Waals surface area contributed by atoms with E-state index in [0.717, 1.165) is 21.9 Å². The summed E-state index contributed by atoms with van der Waals surface area (Å²) in [6, 6.07) is 29.4. The van der Waals surface area contributed by atoms with Crippen LogP contribution in [0.5, 0.6) is 0 Å². The maximum atomic E-state index is 14.1. The van der Waals surface area contributed by atoms with Gasteiger partial charge in [0, 0.05) is 16.8 Å². The van der Waals surface area contributed by atoms with Gasteiger partial charge in [-0.2, -0.15) is 0 Å². The van der Waals surface area contributed by atoms with Crippen LogP contribution < -0.4 is 10.6 Å². The van der Waals surface area contributed by atoms with Gasteiger partial charge in [-0.05, 0) is 5.56 Å². The highest BCUT2D eigenvalue weighted by atomic mass is 31.2. The van der Waals surface area contributed by atoms with Gasteiger partial charge in [-0.15, -0.1) is 5.10 Å². The van der Waals surface area contributed by atoms with Crippen LogP contribution in [0.1, 0.15) is 11.3 Å². The third-order valence-electron chi connectivity index (χ3n) is 4.50. The van der Waals surface area contributed by atoms with Gasteiger partial charge in [0.25, 0.3) is 0 Å². The van der Waals surface area contributed by atoms with Crippen LogP contribution in [-0.4, -0.2) is 15.0 Å². The van der Waals surface area contributed by atoms with Crippen molar-refractivity contribution in [3.05, 3.63) is 108 Å². The zero-order valence-corrected chi connectivity index (χ0v) is 15.7. The van der Waals surface area contributed by atoms with E-state index in [1.807, 2.05) is 85.1 Å². The number of hydrogen-bond acceptors (Lipinski definition) is 3. The molecule has 1 heterocycles. The highest BCUT2D eigenvalue weighted by Crippen LogP contribution is 2.46. The summed E-state index contributed by atoms with van der Waals surface area (Å²) in [7, 11) is -2.83. The van der Waals surface area contributed by atoms with Crippen LogP contribution in [0.4, 0.5) is 0 Å². The van der Waals surface area contributed by atoms with Crippen LogP contribution in [0.15, 0.2) is 97.2 Å². The first kappa shape index (κ1) is 17.4. The summed E-state index contributed by atoms with van der Waals surface area (Å²) in [6.45, 7) is 0.648. The normalized spacial score (nSPS) is 11.4. The predicted molar refractivity (Wildman–Crippen MR) is 109 cm³/mol.